The van der Waals surface area contributed by atoms with Crippen LogP contribution in [-0.4, -0.2) is 46.0 Å². The zero-order valence-corrected chi connectivity index (χ0v) is 17.3. The molecule has 0 saturated carbocycles. The zero-order valence-electron chi connectivity index (χ0n) is 16.5. The largest absolute Gasteiger partial charge is 0.497 e. The normalized spacial score (nSPS) is 14.7. The molecule has 0 bridgehead atoms. The Hall–Kier alpha value is -2.74. The summed E-state index contributed by atoms with van der Waals surface area (Å²) in [7, 11) is -2.23. The van der Waals surface area contributed by atoms with Crippen LogP contribution in [0.15, 0.2) is 53.4 Å². The average Bonchev–Trinajstić information content (AvgIpc) is 3.02. The molecule has 3 rings (SSSR count). The number of methoxy groups -OCH3 is 1. The predicted octanol–water partition coefficient (Wildman–Crippen LogP) is 3.28. The minimum absolute atomic E-state index is 0.0386. The zero-order chi connectivity index (χ0) is 20.7. The Morgan fingerprint density at radius 2 is 1.69 bits per heavy atom. The topological polar surface area (TPSA) is 84.9 Å². The van der Waals surface area contributed by atoms with E-state index < -0.39 is 10.0 Å². The molecule has 1 saturated heterocycles. The van der Waals surface area contributed by atoms with Crippen LogP contribution in [0.1, 0.15) is 25.7 Å². The fourth-order valence-electron chi connectivity index (χ4n) is 3.17. The first-order chi connectivity index (χ1) is 14.0. The van der Waals surface area contributed by atoms with Crippen LogP contribution in [0.3, 0.4) is 0 Å². The van der Waals surface area contributed by atoms with E-state index in [0.717, 1.165) is 38.8 Å². The molecule has 1 fully saturated rings. The van der Waals surface area contributed by atoms with Crippen LogP contribution in [0.25, 0.3) is 0 Å². The van der Waals surface area contributed by atoms with E-state index in [0.29, 0.717) is 17.2 Å². The number of benzene rings is 2. The number of hydrogen-bond acceptors (Lipinski definition) is 5. The van der Waals surface area contributed by atoms with Crippen molar-refractivity contribution in [1.29, 1.82) is 0 Å². The van der Waals surface area contributed by atoms with E-state index in [9.17, 15) is 13.2 Å². The SMILES string of the molecule is COc1cccc(NS(=O)(=O)c2ccc(OCC(=O)N3CCCCCC3)cc2)c1. The molecule has 7 nitrogen and oxygen atoms in total. The minimum atomic E-state index is -3.74. The molecule has 0 aliphatic carbocycles. The van der Waals surface area contributed by atoms with Gasteiger partial charge in [-0.05, 0) is 49.2 Å². The molecule has 0 atom stereocenters. The van der Waals surface area contributed by atoms with E-state index in [-0.39, 0.29) is 17.4 Å². The number of likely N-dealkylation sites (tertiary alicyclic amines) is 1. The maximum Gasteiger partial charge on any atom is 0.261 e. The van der Waals surface area contributed by atoms with Gasteiger partial charge in [-0.1, -0.05) is 18.9 Å². The molecule has 156 valence electrons. The van der Waals surface area contributed by atoms with Gasteiger partial charge >= 0.3 is 0 Å². The Bertz CT molecular complexity index is 920. The summed E-state index contributed by atoms with van der Waals surface area (Å²) in [5.41, 5.74) is 0.410. The quantitative estimate of drug-likeness (QED) is 0.746. The summed E-state index contributed by atoms with van der Waals surface area (Å²) in [6, 6.07) is 12.7. The molecule has 0 radical (unpaired) electrons. The number of nitrogens with one attached hydrogen (secondary N) is 1. The van der Waals surface area contributed by atoms with Gasteiger partial charge < -0.3 is 14.4 Å². The van der Waals surface area contributed by atoms with Crippen molar-refractivity contribution in [3.8, 4) is 11.5 Å². The molecule has 29 heavy (non-hydrogen) atoms. The number of rotatable bonds is 7. The van der Waals surface area contributed by atoms with Gasteiger partial charge in [-0.25, -0.2) is 8.42 Å². The lowest BCUT2D eigenvalue weighted by molar-refractivity contribution is -0.133. The number of sulfonamides is 1. The van der Waals surface area contributed by atoms with Crippen LogP contribution >= 0.6 is 0 Å². The second-order valence-corrected chi connectivity index (χ2v) is 8.57. The number of carbonyl (C=O) groups is 1. The summed E-state index contributed by atoms with van der Waals surface area (Å²) in [6.07, 6.45) is 4.37. The Morgan fingerprint density at radius 3 is 2.34 bits per heavy atom. The highest BCUT2D eigenvalue weighted by atomic mass is 32.2. The van der Waals surface area contributed by atoms with Gasteiger partial charge in [0.05, 0.1) is 17.7 Å². The third-order valence-electron chi connectivity index (χ3n) is 4.78. The van der Waals surface area contributed by atoms with Crippen molar-refractivity contribution in [2.24, 2.45) is 0 Å². The monoisotopic (exact) mass is 418 g/mol. The Labute approximate surface area is 171 Å². The van der Waals surface area contributed by atoms with Crippen LogP contribution in [0.5, 0.6) is 11.5 Å². The van der Waals surface area contributed by atoms with E-state index in [1.807, 2.05) is 4.90 Å². The van der Waals surface area contributed by atoms with Crippen LogP contribution in [0, 0.1) is 0 Å². The number of ether oxygens (including phenoxy) is 2. The van der Waals surface area contributed by atoms with E-state index in [4.69, 9.17) is 9.47 Å². The van der Waals surface area contributed by atoms with Gasteiger partial charge in [-0.3, -0.25) is 9.52 Å². The number of carbonyl (C=O) groups excluding carboxylic acids is 1. The van der Waals surface area contributed by atoms with Crippen molar-refractivity contribution < 1.29 is 22.7 Å². The van der Waals surface area contributed by atoms with Gasteiger partial charge in [-0.15, -0.1) is 0 Å². The lowest BCUT2D eigenvalue weighted by Gasteiger charge is -2.20. The van der Waals surface area contributed by atoms with Crippen molar-refractivity contribution in [2.75, 3.05) is 31.5 Å². The molecule has 8 heteroatoms. The summed E-state index contributed by atoms with van der Waals surface area (Å²) in [4.78, 5) is 14.2. The van der Waals surface area contributed by atoms with Crippen molar-refractivity contribution in [3.05, 3.63) is 48.5 Å². The molecule has 0 aromatic heterocycles. The molecular weight excluding hydrogens is 392 g/mol. The van der Waals surface area contributed by atoms with Crippen LogP contribution < -0.4 is 14.2 Å². The third-order valence-corrected chi connectivity index (χ3v) is 6.17. The standard InChI is InChI=1S/C21H26N2O5S/c1-27-19-8-6-7-17(15-19)22-29(25,26)20-11-9-18(10-12-20)28-16-21(24)23-13-4-2-3-5-14-23/h6-12,15,22H,2-5,13-14,16H2,1H3. The van der Waals surface area contributed by atoms with Crippen molar-refractivity contribution in [3.63, 3.8) is 0 Å². The van der Waals surface area contributed by atoms with Gasteiger partial charge in [0.1, 0.15) is 11.5 Å². The van der Waals surface area contributed by atoms with Crippen LogP contribution in [0.2, 0.25) is 0 Å². The summed E-state index contributed by atoms with van der Waals surface area (Å²) in [6.45, 7) is 1.50. The van der Waals surface area contributed by atoms with Crippen molar-refractivity contribution >= 4 is 21.6 Å². The molecule has 0 unspecified atom stereocenters. The molecule has 1 aliphatic heterocycles. The predicted molar refractivity (Wildman–Crippen MR) is 111 cm³/mol. The van der Waals surface area contributed by atoms with Crippen molar-refractivity contribution in [1.82, 2.24) is 4.90 Å². The molecular formula is C21H26N2O5S. The van der Waals surface area contributed by atoms with Crippen LogP contribution in [0.4, 0.5) is 5.69 Å². The van der Waals surface area contributed by atoms with Gasteiger partial charge in [0.2, 0.25) is 0 Å². The average molecular weight is 419 g/mol. The summed E-state index contributed by atoms with van der Waals surface area (Å²) < 4.78 is 38.3. The van der Waals surface area contributed by atoms with E-state index in [1.165, 1.54) is 19.2 Å². The van der Waals surface area contributed by atoms with E-state index in [1.54, 1.807) is 36.4 Å². The fraction of sp³-hybridized carbons (Fsp3) is 0.381. The lowest BCUT2D eigenvalue weighted by Crippen LogP contribution is -2.35. The van der Waals surface area contributed by atoms with Gasteiger partial charge in [0.25, 0.3) is 15.9 Å². The summed E-state index contributed by atoms with van der Waals surface area (Å²) >= 11 is 0. The molecule has 1 N–H and O–H groups in total. The minimum Gasteiger partial charge on any atom is -0.497 e. The first kappa shape index (κ1) is 21.0. The Balaban J connectivity index is 1.59. The summed E-state index contributed by atoms with van der Waals surface area (Å²) in [5.74, 6) is 0.972. The Morgan fingerprint density at radius 1 is 1.00 bits per heavy atom. The second kappa shape index (κ2) is 9.65. The maximum atomic E-state index is 12.6. The smallest absolute Gasteiger partial charge is 0.261 e. The molecule has 0 spiro atoms. The molecule has 2 aromatic carbocycles. The summed E-state index contributed by atoms with van der Waals surface area (Å²) in [5, 5.41) is 0. The number of hydrogen-bond donors (Lipinski definition) is 1. The highest BCUT2D eigenvalue weighted by molar-refractivity contribution is 7.92. The lowest BCUT2D eigenvalue weighted by atomic mass is 10.2. The van der Waals surface area contributed by atoms with Gasteiger partial charge in [0.15, 0.2) is 6.61 Å². The van der Waals surface area contributed by atoms with Crippen molar-refractivity contribution in [2.45, 2.75) is 30.6 Å². The Kier molecular flexibility index (Phi) is 6.98. The number of anilines is 1. The molecule has 1 amide bonds. The highest BCUT2D eigenvalue weighted by Gasteiger charge is 2.17. The molecule has 1 heterocycles. The second-order valence-electron chi connectivity index (χ2n) is 6.89. The third kappa shape index (κ3) is 5.87. The number of nitrogens with zero attached hydrogens (tertiary/aromatic N) is 1. The van der Waals surface area contributed by atoms with Gasteiger partial charge in [-0.2, -0.15) is 0 Å². The first-order valence-corrected chi connectivity index (χ1v) is 11.1. The first-order valence-electron chi connectivity index (χ1n) is 9.65. The van der Waals surface area contributed by atoms with E-state index in [2.05, 4.69) is 4.72 Å². The maximum absolute atomic E-state index is 12.6. The fourth-order valence-corrected chi connectivity index (χ4v) is 4.22. The van der Waals surface area contributed by atoms with Crippen LogP contribution in [-0.2, 0) is 14.8 Å². The highest BCUT2D eigenvalue weighted by Crippen LogP contribution is 2.22. The van der Waals surface area contributed by atoms with E-state index >= 15 is 0 Å². The molecule has 1 aliphatic rings. The molecule has 2 aromatic rings. The van der Waals surface area contributed by atoms with Gasteiger partial charge in [0, 0.05) is 19.2 Å². The number of amides is 1.